The minimum absolute atomic E-state index is 0.690. The van der Waals surface area contributed by atoms with Crippen molar-refractivity contribution in [3.63, 3.8) is 0 Å². The molecular formula is C26H20Cl2N4. The summed E-state index contributed by atoms with van der Waals surface area (Å²) >= 11 is 12.2. The predicted molar refractivity (Wildman–Crippen MR) is 135 cm³/mol. The Morgan fingerprint density at radius 3 is 1.44 bits per heavy atom. The SMILES string of the molecule is Clc1ccc2c(NCc3ccc(CNc4ccnc5cc(Cl)ccc45)cc3)ccnc2c1. The molecule has 4 nitrogen and oxygen atoms in total. The van der Waals surface area contributed by atoms with E-state index in [4.69, 9.17) is 23.2 Å². The number of anilines is 2. The minimum atomic E-state index is 0.690. The zero-order chi connectivity index (χ0) is 21.9. The zero-order valence-corrected chi connectivity index (χ0v) is 18.7. The van der Waals surface area contributed by atoms with Gasteiger partial charge in [0.15, 0.2) is 0 Å². The fourth-order valence-electron chi connectivity index (χ4n) is 3.72. The molecule has 0 saturated heterocycles. The molecule has 3 aromatic carbocycles. The Hall–Kier alpha value is -3.34. The maximum Gasteiger partial charge on any atom is 0.0737 e. The van der Waals surface area contributed by atoms with Crippen LogP contribution in [-0.2, 0) is 13.1 Å². The van der Waals surface area contributed by atoms with Gasteiger partial charge in [-0.15, -0.1) is 0 Å². The van der Waals surface area contributed by atoms with Gasteiger partial charge < -0.3 is 10.6 Å². The molecule has 0 atom stereocenters. The molecule has 0 saturated carbocycles. The van der Waals surface area contributed by atoms with Crippen LogP contribution in [-0.4, -0.2) is 9.97 Å². The first-order valence-electron chi connectivity index (χ1n) is 10.3. The van der Waals surface area contributed by atoms with Crippen molar-refractivity contribution in [2.45, 2.75) is 13.1 Å². The number of pyridine rings is 2. The largest absolute Gasteiger partial charge is 0.380 e. The number of fused-ring (bicyclic) bond motifs is 2. The van der Waals surface area contributed by atoms with Crippen molar-refractivity contribution < 1.29 is 0 Å². The third kappa shape index (κ3) is 4.47. The van der Waals surface area contributed by atoms with Gasteiger partial charge in [0.2, 0.25) is 0 Å². The molecule has 0 fully saturated rings. The highest BCUT2D eigenvalue weighted by Crippen LogP contribution is 2.26. The average molecular weight is 459 g/mol. The van der Waals surface area contributed by atoms with Crippen LogP contribution >= 0.6 is 23.2 Å². The molecule has 5 aromatic rings. The highest BCUT2D eigenvalue weighted by atomic mass is 35.5. The first kappa shape index (κ1) is 20.6. The number of rotatable bonds is 6. The topological polar surface area (TPSA) is 49.8 Å². The summed E-state index contributed by atoms with van der Waals surface area (Å²) in [4.78, 5) is 8.79. The van der Waals surface area contributed by atoms with Gasteiger partial charge in [-0.3, -0.25) is 9.97 Å². The summed E-state index contributed by atoms with van der Waals surface area (Å²) in [5.41, 5.74) is 6.27. The van der Waals surface area contributed by atoms with E-state index in [1.54, 1.807) is 12.4 Å². The van der Waals surface area contributed by atoms with E-state index in [1.165, 1.54) is 11.1 Å². The molecule has 0 aliphatic rings. The molecule has 0 bridgehead atoms. The fraction of sp³-hybridized carbons (Fsp3) is 0.0769. The Kier molecular flexibility index (Phi) is 5.80. The minimum Gasteiger partial charge on any atom is -0.380 e. The lowest BCUT2D eigenvalue weighted by Crippen LogP contribution is -2.02. The van der Waals surface area contributed by atoms with Gasteiger partial charge in [-0.1, -0.05) is 47.5 Å². The monoisotopic (exact) mass is 458 g/mol. The van der Waals surface area contributed by atoms with Crippen LogP contribution in [0.2, 0.25) is 10.0 Å². The maximum atomic E-state index is 6.08. The first-order valence-corrected chi connectivity index (χ1v) is 11.1. The van der Waals surface area contributed by atoms with E-state index in [0.717, 1.165) is 46.3 Å². The van der Waals surface area contributed by atoms with E-state index in [2.05, 4.69) is 44.9 Å². The second-order valence-corrected chi connectivity index (χ2v) is 8.44. The number of hydrogen-bond donors (Lipinski definition) is 2. The summed E-state index contributed by atoms with van der Waals surface area (Å²) in [6.07, 6.45) is 3.60. The molecule has 0 aliphatic carbocycles. The van der Waals surface area contributed by atoms with Gasteiger partial charge in [0.1, 0.15) is 0 Å². The number of halogens is 2. The van der Waals surface area contributed by atoms with Gasteiger partial charge in [-0.2, -0.15) is 0 Å². The van der Waals surface area contributed by atoms with E-state index >= 15 is 0 Å². The van der Waals surface area contributed by atoms with Crippen LogP contribution in [0.1, 0.15) is 11.1 Å². The molecule has 32 heavy (non-hydrogen) atoms. The number of benzene rings is 3. The molecule has 6 heteroatoms. The van der Waals surface area contributed by atoms with Gasteiger partial charge in [0.25, 0.3) is 0 Å². The quantitative estimate of drug-likeness (QED) is 0.280. The summed E-state index contributed by atoms with van der Waals surface area (Å²) < 4.78 is 0. The van der Waals surface area contributed by atoms with Crippen LogP contribution in [0.3, 0.4) is 0 Å². The lowest BCUT2D eigenvalue weighted by molar-refractivity contribution is 1.11. The van der Waals surface area contributed by atoms with Crippen LogP contribution < -0.4 is 10.6 Å². The van der Waals surface area contributed by atoms with Gasteiger partial charge in [-0.25, -0.2) is 0 Å². The molecule has 0 unspecified atom stereocenters. The van der Waals surface area contributed by atoms with E-state index in [-0.39, 0.29) is 0 Å². The van der Waals surface area contributed by atoms with Gasteiger partial charge >= 0.3 is 0 Å². The number of hydrogen-bond acceptors (Lipinski definition) is 4. The fourth-order valence-corrected chi connectivity index (χ4v) is 4.05. The van der Waals surface area contributed by atoms with Gasteiger partial charge in [0.05, 0.1) is 11.0 Å². The van der Waals surface area contributed by atoms with Crippen LogP contribution in [0, 0.1) is 0 Å². The predicted octanol–water partition coefficient (Wildman–Crippen LogP) is 7.31. The Balaban J connectivity index is 1.24. The van der Waals surface area contributed by atoms with Crippen molar-refractivity contribution in [1.82, 2.24) is 9.97 Å². The molecule has 0 spiro atoms. The molecule has 2 heterocycles. The third-order valence-electron chi connectivity index (χ3n) is 5.40. The van der Waals surface area contributed by atoms with Gasteiger partial charge in [0, 0.05) is 57.7 Å². The standard InChI is InChI=1S/C26H20Cl2N4/c27-19-5-7-21-23(9-11-29-25(21)13-19)31-15-17-1-2-18(4-3-17)16-32-24-10-12-30-26-14-20(28)6-8-22(24)26/h1-14H,15-16H2,(H,29,31)(H,30,32). The first-order chi connectivity index (χ1) is 15.7. The summed E-state index contributed by atoms with van der Waals surface area (Å²) in [5.74, 6) is 0. The molecule has 2 aromatic heterocycles. The van der Waals surface area contributed by atoms with Crippen LogP contribution in [0.15, 0.2) is 85.2 Å². The van der Waals surface area contributed by atoms with Crippen LogP contribution in [0.25, 0.3) is 21.8 Å². The summed E-state index contributed by atoms with van der Waals surface area (Å²) in [6, 6.07) is 24.1. The molecule has 5 rings (SSSR count). The smallest absolute Gasteiger partial charge is 0.0737 e. The molecule has 0 radical (unpaired) electrons. The van der Waals surface area contributed by atoms with E-state index < -0.39 is 0 Å². The highest BCUT2D eigenvalue weighted by molar-refractivity contribution is 6.31. The number of aromatic nitrogens is 2. The maximum absolute atomic E-state index is 6.08. The normalized spacial score (nSPS) is 11.1. The lowest BCUT2D eigenvalue weighted by Gasteiger charge is -2.12. The summed E-state index contributed by atoms with van der Waals surface area (Å²) in [7, 11) is 0. The van der Waals surface area contributed by atoms with Crippen LogP contribution in [0.5, 0.6) is 0 Å². The molecule has 0 aliphatic heterocycles. The molecular weight excluding hydrogens is 439 g/mol. The second kappa shape index (κ2) is 9.03. The summed E-state index contributed by atoms with van der Waals surface area (Å²) in [5, 5.41) is 10.5. The van der Waals surface area contributed by atoms with E-state index in [9.17, 15) is 0 Å². The Morgan fingerprint density at radius 2 is 1.00 bits per heavy atom. The molecule has 2 N–H and O–H groups in total. The van der Waals surface area contributed by atoms with Crippen LogP contribution in [0.4, 0.5) is 11.4 Å². The summed E-state index contributed by atoms with van der Waals surface area (Å²) in [6.45, 7) is 1.45. The second-order valence-electron chi connectivity index (χ2n) is 7.56. The number of nitrogens with one attached hydrogen (secondary N) is 2. The molecule has 0 amide bonds. The number of nitrogens with zero attached hydrogens (tertiary/aromatic N) is 2. The van der Waals surface area contributed by atoms with Gasteiger partial charge in [-0.05, 0) is 59.7 Å². The van der Waals surface area contributed by atoms with Crippen molar-refractivity contribution in [2.75, 3.05) is 10.6 Å². The Morgan fingerprint density at radius 1 is 0.562 bits per heavy atom. The highest BCUT2D eigenvalue weighted by Gasteiger charge is 2.05. The third-order valence-corrected chi connectivity index (χ3v) is 5.87. The van der Waals surface area contributed by atoms with Crippen molar-refractivity contribution in [2.24, 2.45) is 0 Å². The Bertz CT molecular complexity index is 1290. The van der Waals surface area contributed by atoms with Crippen molar-refractivity contribution in [3.05, 3.63) is 106 Å². The average Bonchev–Trinajstić information content (AvgIpc) is 2.81. The van der Waals surface area contributed by atoms with E-state index in [0.29, 0.717) is 10.0 Å². The molecule has 158 valence electrons. The van der Waals surface area contributed by atoms with Crippen molar-refractivity contribution >= 4 is 56.4 Å². The zero-order valence-electron chi connectivity index (χ0n) is 17.1. The van der Waals surface area contributed by atoms with Crippen molar-refractivity contribution in [1.29, 1.82) is 0 Å². The Labute approximate surface area is 196 Å². The van der Waals surface area contributed by atoms with Crippen molar-refractivity contribution in [3.8, 4) is 0 Å². The lowest BCUT2D eigenvalue weighted by atomic mass is 10.1. The van der Waals surface area contributed by atoms with E-state index in [1.807, 2.05) is 48.5 Å².